The third-order valence-electron chi connectivity index (χ3n) is 1.51. The maximum Gasteiger partial charge on any atom is 0.0654 e. The zero-order chi connectivity index (χ0) is 10.5. The molecule has 0 spiro atoms. The smallest absolute Gasteiger partial charge is 0.0654 e. The van der Waals surface area contributed by atoms with E-state index in [0.717, 1.165) is 13.0 Å². The van der Waals surface area contributed by atoms with Crippen LogP contribution >= 0.6 is 0 Å². The maximum absolute atomic E-state index is 5.56. The SMILES string of the molecule is CC(C)(C)C/C=C/COC(C)(C)C. The molecule has 1 nitrogen and oxygen atoms in total. The average Bonchev–Trinajstić information content (AvgIpc) is 1.81. The van der Waals surface area contributed by atoms with E-state index in [0.29, 0.717) is 5.41 Å². The molecule has 0 heterocycles. The second-order valence-corrected chi connectivity index (χ2v) is 5.66. The van der Waals surface area contributed by atoms with Gasteiger partial charge in [0.15, 0.2) is 0 Å². The lowest BCUT2D eigenvalue weighted by molar-refractivity contribution is 0.0149. The van der Waals surface area contributed by atoms with Gasteiger partial charge in [0.05, 0.1) is 12.2 Å². The molecule has 0 atom stereocenters. The Balaban J connectivity index is 3.55. The van der Waals surface area contributed by atoms with Crippen LogP contribution in [0.2, 0.25) is 0 Å². The Labute approximate surface area is 83.2 Å². The van der Waals surface area contributed by atoms with Crippen LogP contribution in [0.4, 0.5) is 0 Å². The lowest BCUT2D eigenvalue weighted by atomic mass is 9.92. The molecule has 0 fully saturated rings. The van der Waals surface area contributed by atoms with Crippen molar-refractivity contribution in [2.45, 2.75) is 53.6 Å². The summed E-state index contributed by atoms with van der Waals surface area (Å²) in [6.45, 7) is 13.7. The third kappa shape index (κ3) is 11.7. The predicted molar refractivity (Wildman–Crippen MR) is 58.9 cm³/mol. The largest absolute Gasteiger partial charge is 0.372 e. The summed E-state index contributed by atoms with van der Waals surface area (Å²) in [5.41, 5.74) is 0.365. The number of rotatable bonds is 3. The molecule has 0 aromatic rings. The van der Waals surface area contributed by atoms with Crippen molar-refractivity contribution in [1.82, 2.24) is 0 Å². The fourth-order valence-electron chi connectivity index (χ4n) is 0.803. The van der Waals surface area contributed by atoms with Crippen LogP contribution in [0.3, 0.4) is 0 Å². The summed E-state index contributed by atoms with van der Waals surface area (Å²) in [6, 6.07) is 0. The van der Waals surface area contributed by atoms with Gasteiger partial charge in [0.25, 0.3) is 0 Å². The number of allylic oxidation sites excluding steroid dienone is 1. The Morgan fingerprint density at radius 2 is 1.46 bits per heavy atom. The highest BCUT2D eigenvalue weighted by Crippen LogP contribution is 2.18. The van der Waals surface area contributed by atoms with Crippen LogP contribution in [0.5, 0.6) is 0 Å². The monoisotopic (exact) mass is 184 g/mol. The molecular formula is C12H24O. The Kier molecular flexibility index (Phi) is 4.69. The van der Waals surface area contributed by atoms with E-state index < -0.39 is 0 Å². The van der Waals surface area contributed by atoms with Crippen LogP contribution < -0.4 is 0 Å². The summed E-state index contributed by atoms with van der Waals surface area (Å²) in [7, 11) is 0. The summed E-state index contributed by atoms with van der Waals surface area (Å²) >= 11 is 0. The number of hydrogen-bond donors (Lipinski definition) is 0. The molecule has 0 amide bonds. The second-order valence-electron chi connectivity index (χ2n) is 5.66. The normalized spacial score (nSPS) is 14.0. The standard InChI is InChI=1S/C12H24O/c1-11(2,3)9-7-8-10-13-12(4,5)6/h7-8H,9-10H2,1-6H3/b8-7+. The zero-order valence-corrected chi connectivity index (χ0v) is 9.98. The van der Waals surface area contributed by atoms with Gasteiger partial charge >= 0.3 is 0 Å². The van der Waals surface area contributed by atoms with Gasteiger partial charge in [0, 0.05) is 0 Å². The molecule has 0 radical (unpaired) electrons. The van der Waals surface area contributed by atoms with Crippen molar-refractivity contribution >= 4 is 0 Å². The molecule has 0 aliphatic carbocycles. The first kappa shape index (κ1) is 12.7. The van der Waals surface area contributed by atoms with E-state index in [-0.39, 0.29) is 5.60 Å². The molecular weight excluding hydrogens is 160 g/mol. The first-order valence-corrected chi connectivity index (χ1v) is 5.00. The Morgan fingerprint density at radius 3 is 1.85 bits per heavy atom. The number of ether oxygens (including phenoxy) is 1. The molecule has 0 N–H and O–H groups in total. The molecule has 0 bridgehead atoms. The molecule has 0 saturated carbocycles. The van der Waals surface area contributed by atoms with Crippen molar-refractivity contribution in [3.05, 3.63) is 12.2 Å². The van der Waals surface area contributed by atoms with Crippen LogP contribution in [0.25, 0.3) is 0 Å². The van der Waals surface area contributed by atoms with Crippen molar-refractivity contribution in [2.24, 2.45) is 5.41 Å². The Hall–Kier alpha value is -0.300. The minimum atomic E-state index is -0.0218. The summed E-state index contributed by atoms with van der Waals surface area (Å²) in [6.07, 6.45) is 5.42. The van der Waals surface area contributed by atoms with Gasteiger partial charge in [-0.25, -0.2) is 0 Å². The topological polar surface area (TPSA) is 9.23 Å². The van der Waals surface area contributed by atoms with Crippen molar-refractivity contribution in [3.63, 3.8) is 0 Å². The van der Waals surface area contributed by atoms with Crippen molar-refractivity contribution in [2.75, 3.05) is 6.61 Å². The summed E-state index contributed by atoms with van der Waals surface area (Å²) < 4.78 is 5.56. The van der Waals surface area contributed by atoms with E-state index in [1.165, 1.54) is 0 Å². The predicted octanol–water partition coefficient (Wildman–Crippen LogP) is 3.79. The maximum atomic E-state index is 5.56. The lowest BCUT2D eigenvalue weighted by Gasteiger charge is -2.18. The van der Waals surface area contributed by atoms with Crippen LogP contribution in [0.1, 0.15) is 48.0 Å². The van der Waals surface area contributed by atoms with E-state index in [4.69, 9.17) is 4.74 Å². The van der Waals surface area contributed by atoms with Gasteiger partial charge in [-0.05, 0) is 32.6 Å². The van der Waals surface area contributed by atoms with Crippen LogP contribution in [0.15, 0.2) is 12.2 Å². The van der Waals surface area contributed by atoms with Crippen molar-refractivity contribution in [3.8, 4) is 0 Å². The van der Waals surface area contributed by atoms with E-state index in [1.54, 1.807) is 0 Å². The second kappa shape index (κ2) is 4.80. The molecule has 0 rings (SSSR count). The zero-order valence-electron chi connectivity index (χ0n) is 9.98. The van der Waals surface area contributed by atoms with E-state index in [9.17, 15) is 0 Å². The minimum absolute atomic E-state index is 0.0218. The number of hydrogen-bond acceptors (Lipinski definition) is 1. The Bertz CT molecular complexity index is 155. The van der Waals surface area contributed by atoms with Crippen LogP contribution in [0, 0.1) is 5.41 Å². The van der Waals surface area contributed by atoms with Crippen molar-refractivity contribution < 1.29 is 4.74 Å². The van der Waals surface area contributed by atoms with E-state index >= 15 is 0 Å². The van der Waals surface area contributed by atoms with Gasteiger partial charge in [-0.3, -0.25) is 0 Å². The molecule has 1 heteroatoms. The highest BCUT2D eigenvalue weighted by atomic mass is 16.5. The molecule has 0 aromatic carbocycles. The quantitative estimate of drug-likeness (QED) is 0.606. The first-order chi connectivity index (χ1) is 5.71. The molecule has 0 saturated heterocycles. The third-order valence-corrected chi connectivity index (χ3v) is 1.51. The van der Waals surface area contributed by atoms with E-state index in [2.05, 4.69) is 53.7 Å². The first-order valence-electron chi connectivity index (χ1n) is 5.00. The lowest BCUT2D eigenvalue weighted by Crippen LogP contribution is -2.18. The van der Waals surface area contributed by atoms with E-state index in [1.807, 2.05) is 0 Å². The fraction of sp³-hybridized carbons (Fsp3) is 0.833. The highest BCUT2D eigenvalue weighted by Gasteiger charge is 2.08. The van der Waals surface area contributed by atoms with Crippen LogP contribution in [-0.4, -0.2) is 12.2 Å². The van der Waals surface area contributed by atoms with Gasteiger partial charge in [-0.2, -0.15) is 0 Å². The summed E-state index contributed by atoms with van der Waals surface area (Å²) in [4.78, 5) is 0. The van der Waals surface area contributed by atoms with Crippen LogP contribution in [-0.2, 0) is 4.74 Å². The fourth-order valence-corrected chi connectivity index (χ4v) is 0.803. The Morgan fingerprint density at radius 1 is 0.923 bits per heavy atom. The summed E-state index contributed by atoms with van der Waals surface area (Å²) in [5, 5.41) is 0. The van der Waals surface area contributed by atoms with Gasteiger partial charge in [0.2, 0.25) is 0 Å². The molecule has 78 valence electrons. The molecule has 0 aliphatic heterocycles. The molecule has 0 aromatic heterocycles. The highest BCUT2D eigenvalue weighted by molar-refractivity contribution is 4.86. The van der Waals surface area contributed by atoms with Gasteiger partial charge in [-0.15, -0.1) is 0 Å². The minimum Gasteiger partial charge on any atom is -0.372 e. The summed E-state index contributed by atoms with van der Waals surface area (Å²) in [5.74, 6) is 0. The van der Waals surface area contributed by atoms with Gasteiger partial charge in [-0.1, -0.05) is 32.9 Å². The van der Waals surface area contributed by atoms with Gasteiger partial charge in [0.1, 0.15) is 0 Å². The van der Waals surface area contributed by atoms with Gasteiger partial charge < -0.3 is 4.74 Å². The average molecular weight is 184 g/mol. The molecule has 0 aliphatic rings. The van der Waals surface area contributed by atoms with Crippen molar-refractivity contribution in [1.29, 1.82) is 0 Å². The molecule has 13 heavy (non-hydrogen) atoms. The molecule has 0 unspecified atom stereocenters.